The van der Waals surface area contributed by atoms with Crippen LogP contribution in [0.1, 0.15) is 18.9 Å². The number of hydrogen-bond donors (Lipinski definition) is 2. The van der Waals surface area contributed by atoms with E-state index in [0.29, 0.717) is 49.7 Å². The first-order chi connectivity index (χ1) is 16.2. The number of anilines is 1. The normalized spacial score (nSPS) is 13.1. The number of benzene rings is 2. The molecule has 0 radical (unpaired) electrons. The van der Waals surface area contributed by atoms with Crippen molar-refractivity contribution in [2.75, 3.05) is 32.2 Å². The van der Waals surface area contributed by atoms with Crippen molar-refractivity contribution in [3.8, 4) is 28.9 Å². The van der Waals surface area contributed by atoms with Crippen molar-refractivity contribution in [3.05, 3.63) is 66.4 Å². The number of ether oxygens (including phenoxy) is 4. The van der Waals surface area contributed by atoms with E-state index < -0.39 is 0 Å². The molecule has 0 atom stereocenters. The lowest BCUT2D eigenvalue weighted by Crippen LogP contribution is -2.30. The van der Waals surface area contributed by atoms with Crippen molar-refractivity contribution in [2.45, 2.75) is 19.9 Å². The molecule has 0 saturated heterocycles. The Kier molecular flexibility index (Phi) is 7.48. The molecule has 8 heteroatoms. The van der Waals surface area contributed by atoms with Gasteiger partial charge in [-0.1, -0.05) is 18.2 Å². The zero-order valence-corrected chi connectivity index (χ0v) is 18.8. The zero-order valence-electron chi connectivity index (χ0n) is 18.8. The first kappa shape index (κ1) is 22.3. The molecule has 4 rings (SSSR count). The average molecular weight is 449 g/mol. The lowest BCUT2D eigenvalue weighted by atomic mass is 10.2. The summed E-state index contributed by atoms with van der Waals surface area (Å²) in [6.45, 7) is 4.37. The predicted molar refractivity (Wildman–Crippen MR) is 128 cm³/mol. The molecule has 0 amide bonds. The van der Waals surface area contributed by atoms with Crippen molar-refractivity contribution < 1.29 is 18.9 Å². The molecule has 2 aromatic carbocycles. The van der Waals surface area contributed by atoms with E-state index in [1.807, 2.05) is 61.5 Å². The van der Waals surface area contributed by atoms with Gasteiger partial charge in [-0.05, 0) is 36.8 Å². The minimum absolute atomic E-state index is 0.501. The monoisotopic (exact) mass is 448 g/mol. The van der Waals surface area contributed by atoms with Crippen molar-refractivity contribution in [2.24, 2.45) is 4.99 Å². The summed E-state index contributed by atoms with van der Waals surface area (Å²) in [5, 5.41) is 6.56. The zero-order chi connectivity index (χ0) is 22.9. The number of para-hydroxylation sites is 2. The van der Waals surface area contributed by atoms with Gasteiger partial charge < -0.3 is 29.6 Å². The van der Waals surface area contributed by atoms with Gasteiger partial charge in [-0.2, -0.15) is 0 Å². The summed E-state index contributed by atoms with van der Waals surface area (Å²) in [6, 6.07) is 17.1. The van der Waals surface area contributed by atoms with Gasteiger partial charge in [0.2, 0.25) is 5.88 Å². The molecule has 0 fully saturated rings. The van der Waals surface area contributed by atoms with Crippen LogP contribution in [0, 0.1) is 0 Å². The second kappa shape index (κ2) is 11.1. The van der Waals surface area contributed by atoms with Crippen LogP contribution in [0.15, 0.2) is 65.8 Å². The minimum atomic E-state index is 0.501. The summed E-state index contributed by atoms with van der Waals surface area (Å²) in [6.07, 6.45) is 2.64. The summed E-state index contributed by atoms with van der Waals surface area (Å²) < 4.78 is 22.9. The molecule has 1 aromatic heterocycles. The Morgan fingerprint density at radius 1 is 1.03 bits per heavy atom. The van der Waals surface area contributed by atoms with Gasteiger partial charge in [0.25, 0.3) is 0 Å². The summed E-state index contributed by atoms with van der Waals surface area (Å²) in [4.78, 5) is 8.70. The van der Waals surface area contributed by atoms with Crippen molar-refractivity contribution in [1.82, 2.24) is 10.3 Å². The average Bonchev–Trinajstić information content (AvgIpc) is 3.09. The lowest BCUT2D eigenvalue weighted by Gasteiger charge is -2.14. The molecular formula is C25H28N4O4. The van der Waals surface area contributed by atoms with Gasteiger partial charge in [0.15, 0.2) is 29.0 Å². The topological polar surface area (TPSA) is 86.2 Å². The standard InChI is InChI=1S/C25H28N4O4/c1-3-30-20-7-4-5-8-22(20)33-24-12-9-18(16-27-24)17-28-25(26-2)29-19-10-11-21-23(15-19)32-14-6-13-31-21/h4-5,7-12,15-16H,3,6,13-14,17H2,1-2H3,(H2,26,28,29). The van der Waals surface area contributed by atoms with E-state index in [1.54, 1.807) is 13.2 Å². The molecule has 0 spiro atoms. The Hall–Kier alpha value is -3.94. The molecule has 0 unspecified atom stereocenters. The van der Waals surface area contributed by atoms with Gasteiger partial charge in [-0.3, -0.25) is 4.99 Å². The van der Waals surface area contributed by atoms with Crippen LogP contribution < -0.4 is 29.6 Å². The first-order valence-corrected chi connectivity index (χ1v) is 11.0. The number of aromatic nitrogens is 1. The van der Waals surface area contributed by atoms with Crippen LogP contribution in [0.3, 0.4) is 0 Å². The molecule has 33 heavy (non-hydrogen) atoms. The lowest BCUT2D eigenvalue weighted by molar-refractivity contribution is 0.297. The molecule has 2 N–H and O–H groups in total. The highest BCUT2D eigenvalue weighted by atomic mass is 16.5. The summed E-state index contributed by atoms with van der Waals surface area (Å²) in [5.41, 5.74) is 1.85. The Labute approximate surface area is 193 Å². The molecule has 0 bridgehead atoms. The number of aliphatic imine (C=N–C) groups is 1. The fourth-order valence-corrected chi connectivity index (χ4v) is 3.24. The van der Waals surface area contributed by atoms with E-state index in [4.69, 9.17) is 18.9 Å². The van der Waals surface area contributed by atoms with Crippen molar-refractivity contribution in [1.29, 1.82) is 0 Å². The van der Waals surface area contributed by atoms with E-state index in [0.717, 1.165) is 29.2 Å². The summed E-state index contributed by atoms with van der Waals surface area (Å²) >= 11 is 0. The molecule has 172 valence electrons. The number of guanidine groups is 1. The van der Waals surface area contributed by atoms with E-state index in [1.165, 1.54) is 0 Å². The molecule has 0 aliphatic carbocycles. The number of pyridine rings is 1. The van der Waals surface area contributed by atoms with Crippen LogP contribution in [0.25, 0.3) is 0 Å². The van der Waals surface area contributed by atoms with E-state index in [-0.39, 0.29) is 0 Å². The maximum Gasteiger partial charge on any atom is 0.219 e. The highest BCUT2D eigenvalue weighted by Crippen LogP contribution is 2.32. The molecule has 1 aliphatic rings. The van der Waals surface area contributed by atoms with Crippen molar-refractivity contribution in [3.63, 3.8) is 0 Å². The quantitative estimate of drug-likeness (QED) is 0.403. The largest absolute Gasteiger partial charge is 0.490 e. The predicted octanol–water partition coefficient (Wildman–Crippen LogP) is 4.62. The molecular weight excluding hydrogens is 420 g/mol. The maximum atomic E-state index is 5.88. The Balaban J connectivity index is 1.33. The van der Waals surface area contributed by atoms with Crippen LogP contribution in [0.4, 0.5) is 5.69 Å². The maximum absolute atomic E-state index is 5.88. The number of nitrogens with zero attached hydrogens (tertiary/aromatic N) is 2. The third kappa shape index (κ3) is 6.06. The van der Waals surface area contributed by atoms with E-state index in [9.17, 15) is 0 Å². The van der Waals surface area contributed by atoms with Crippen LogP contribution in [-0.2, 0) is 6.54 Å². The fraction of sp³-hybridized carbons (Fsp3) is 0.280. The summed E-state index contributed by atoms with van der Waals surface area (Å²) in [5.74, 6) is 3.96. The molecule has 1 aliphatic heterocycles. The Bertz CT molecular complexity index is 1090. The summed E-state index contributed by atoms with van der Waals surface area (Å²) in [7, 11) is 1.73. The molecule has 3 aromatic rings. The first-order valence-electron chi connectivity index (χ1n) is 11.0. The van der Waals surface area contributed by atoms with Gasteiger partial charge in [0, 0.05) is 44.0 Å². The van der Waals surface area contributed by atoms with Gasteiger partial charge >= 0.3 is 0 Å². The third-order valence-corrected chi connectivity index (χ3v) is 4.85. The van der Waals surface area contributed by atoms with Crippen molar-refractivity contribution >= 4 is 11.6 Å². The number of nitrogens with one attached hydrogen (secondary N) is 2. The third-order valence-electron chi connectivity index (χ3n) is 4.85. The second-order valence-corrected chi connectivity index (χ2v) is 7.25. The Morgan fingerprint density at radius 3 is 2.61 bits per heavy atom. The van der Waals surface area contributed by atoms with E-state index >= 15 is 0 Å². The minimum Gasteiger partial charge on any atom is -0.490 e. The number of rotatable bonds is 7. The van der Waals surface area contributed by atoms with Gasteiger partial charge in [-0.25, -0.2) is 4.98 Å². The highest BCUT2D eigenvalue weighted by Gasteiger charge is 2.11. The van der Waals surface area contributed by atoms with E-state index in [2.05, 4.69) is 20.6 Å². The second-order valence-electron chi connectivity index (χ2n) is 7.25. The van der Waals surface area contributed by atoms with Crippen LogP contribution in [0.2, 0.25) is 0 Å². The van der Waals surface area contributed by atoms with Gasteiger partial charge in [-0.15, -0.1) is 0 Å². The molecule has 8 nitrogen and oxygen atoms in total. The molecule has 0 saturated carbocycles. The Morgan fingerprint density at radius 2 is 1.85 bits per heavy atom. The van der Waals surface area contributed by atoms with Crippen LogP contribution in [-0.4, -0.2) is 37.8 Å². The molecule has 2 heterocycles. The fourth-order valence-electron chi connectivity index (χ4n) is 3.24. The smallest absolute Gasteiger partial charge is 0.219 e. The number of hydrogen-bond acceptors (Lipinski definition) is 6. The van der Waals surface area contributed by atoms with Crippen LogP contribution >= 0.6 is 0 Å². The highest BCUT2D eigenvalue weighted by molar-refractivity contribution is 5.93. The van der Waals surface area contributed by atoms with Gasteiger partial charge in [0.1, 0.15) is 0 Å². The van der Waals surface area contributed by atoms with Crippen LogP contribution in [0.5, 0.6) is 28.9 Å². The number of fused-ring (bicyclic) bond motifs is 1. The van der Waals surface area contributed by atoms with Gasteiger partial charge in [0.05, 0.1) is 19.8 Å². The SMILES string of the molecule is CCOc1ccccc1Oc1ccc(CNC(=NC)Nc2ccc3c(c2)OCCCO3)cn1.